The molecule has 14 heavy (non-hydrogen) atoms. The van der Waals surface area contributed by atoms with Crippen LogP contribution in [0.1, 0.15) is 13.8 Å². The topological polar surface area (TPSA) is 89.9 Å². The van der Waals surface area contributed by atoms with Gasteiger partial charge in [0.25, 0.3) is 0 Å². The van der Waals surface area contributed by atoms with E-state index in [4.69, 9.17) is 5.11 Å². The summed E-state index contributed by atoms with van der Waals surface area (Å²) in [6.07, 6.45) is -0.990. The van der Waals surface area contributed by atoms with E-state index >= 15 is 0 Å². The molecule has 0 aromatic heterocycles. The Bertz CT molecular complexity index is 234. The Morgan fingerprint density at radius 3 is 2.21 bits per heavy atom. The fourth-order valence-electron chi connectivity index (χ4n) is 0.569. The van der Waals surface area contributed by atoms with Crippen LogP contribution in [0.15, 0.2) is 0 Å². The van der Waals surface area contributed by atoms with Crippen LogP contribution < -0.4 is 0 Å². The van der Waals surface area contributed by atoms with Crippen LogP contribution >= 0.6 is 0 Å². The molecule has 0 aliphatic carbocycles. The lowest BCUT2D eigenvalue weighted by molar-refractivity contribution is -0.164. The number of hydrogen-bond acceptors (Lipinski definition) is 6. The van der Waals surface area contributed by atoms with Crippen molar-refractivity contribution in [2.45, 2.75) is 20.0 Å². The Morgan fingerprint density at radius 2 is 1.86 bits per heavy atom. The highest BCUT2D eigenvalue weighted by Gasteiger charge is 2.17. The van der Waals surface area contributed by atoms with Crippen LogP contribution in [0.25, 0.3) is 0 Å². The number of esters is 2. The van der Waals surface area contributed by atoms with Crippen molar-refractivity contribution in [3.05, 3.63) is 0 Å². The fourth-order valence-corrected chi connectivity index (χ4v) is 0.569. The van der Waals surface area contributed by atoms with Gasteiger partial charge >= 0.3 is 11.9 Å². The summed E-state index contributed by atoms with van der Waals surface area (Å²) >= 11 is 0. The average molecular weight is 204 g/mol. The predicted molar refractivity (Wildman–Crippen MR) is 44.3 cm³/mol. The Morgan fingerprint density at radius 1 is 1.29 bits per heavy atom. The van der Waals surface area contributed by atoms with Gasteiger partial charge in [0.15, 0.2) is 6.10 Å². The molecule has 6 heteroatoms. The van der Waals surface area contributed by atoms with E-state index in [1.165, 1.54) is 6.92 Å². The number of ketones is 1. The molecule has 0 rings (SSSR count). The minimum Gasteiger partial charge on any atom is -0.462 e. The monoisotopic (exact) mass is 204 g/mol. The fraction of sp³-hybridized carbons (Fsp3) is 0.625. The van der Waals surface area contributed by atoms with Gasteiger partial charge in [0.2, 0.25) is 5.78 Å². The van der Waals surface area contributed by atoms with E-state index in [0.29, 0.717) is 0 Å². The SMILES string of the molecule is CC(=O)OCC(CO)OC(=O)C(C)=O. The van der Waals surface area contributed by atoms with Gasteiger partial charge in [-0.05, 0) is 0 Å². The number of hydrogen-bond donors (Lipinski definition) is 1. The highest BCUT2D eigenvalue weighted by Crippen LogP contribution is 1.94. The maximum Gasteiger partial charge on any atom is 0.374 e. The first-order valence-corrected chi connectivity index (χ1v) is 3.93. The Kier molecular flexibility index (Phi) is 5.47. The molecule has 0 aliphatic rings. The van der Waals surface area contributed by atoms with E-state index in [0.717, 1.165) is 6.92 Å². The zero-order valence-electron chi connectivity index (χ0n) is 7.98. The van der Waals surface area contributed by atoms with Crippen LogP contribution in [0.5, 0.6) is 0 Å². The molecular weight excluding hydrogens is 192 g/mol. The van der Waals surface area contributed by atoms with E-state index in [2.05, 4.69) is 9.47 Å². The van der Waals surface area contributed by atoms with E-state index in [1.54, 1.807) is 0 Å². The Balaban J connectivity index is 3.96. The van der Waals surface area contributed by atoms with Gasteiger partial charge in [0.1, 0.15) is 6.61 Å². The van der Waals surface area contributed by atoms with Crippen LogP contribution in [0.3, 0.4) is 0 Å². The second-order valence-corrected chi connectivity index (χ2v) is 2.57. The maximum atomic E-state index is 10.7. The molecule has 0 bridgehead atoms. The van der Waals surface area contributed by atoms with Gasteiger partial charge < -0.3 is 14.6 Å². The van der Waals surface area contributed by atoms with E-state index in [-0.39, 0.29) is 6.61 Å². The highest BCUT2D eigenvalue weighted by molar-refractivity contribution is 6.32. The minimum atomic E-state index is -1.06. The summed E-state index contributed by atoms with van der Waals surface area (Å²) in [5.74, 6) is -2.38. The van der Waals surface area contributed by atoms with E-state index in [9.17, 15) is 14.4 Å². The second kappa shape index (κ2) is 6.09. The number of aliphatic hydroxyl groups excluding tert-OH is 1. The molecule has 1 atom stereocenters. The summed E-state index contributed by atoms with van der Waals surface area (Å²) in [5.41, 5.74) is 0. The smallest absolute Gasteiger partial charge is 0.374 e. The van der Waals surface area contributed by atoms with Gasteiger partial charge in [0.05, 0.1) is 6.61 Å². The van der Waals surface area contributed by atoms with E-state index in [1.807, 2.05) is 0 Å². The molecule has 0 spiro atoms. The summed E-state index contributed by atoms with van der Waals surface area (Å²) < 4.78 is 8.98. The van der Waals surface area contributed by atoms with Crippen molar-refractivity contribution < 1.29 is 29.0 Å². The Labute approximate surface area is 80.8 Å². The first kappa shape index (κ1) is 12.6. The molecule has 0 aromatic carbocycles. The van der Waals surface area contributed by atoms with Crippen molar-refractivity contribution in [3.8, 4) is 0 Å². The van der Waals surface area contributed by atoms with Crippen LogP contribution in [0, 0.1) is 0 Å². The lowest BCUT2D eigenvalue weighted by Crippen LogP contribution is -2.30. The number of Topliss-reactive ketones (excluding diaryl/α,β-unsaturated/α-hetero) is 1. The van der Waals surface area contributed by atoms with Crippen LogP contribution in [-0.2, 0) is 23.9 Å². The molecule has 0 aliphatic heterocycles. The normalized spacial score (nSPS) is 11.6. The van der Waals surface area contributed by atoms with Gasteiger partial charge in [-0.15, -0.1) is 0 Å². The molecule has 80 valence electrons. The molecule has 0 heterocycles. The third-order valence-corrected chi connectivity index (χ3v) is 1.24. The molecule has 1 N–H and O–H groups in total. The quantitative estimate of drug-likeness (QED) is 0.458. The van der Waals surface area contributed by atoms with Crippen LogP contribution in [0.4, 0.5) is 0 Å². The molecule has 0 amide bonds. The van der Waals surface area contributed by atoms with Gasteiger partial charge in [-0.1, -0.05) is 0 Å². The average Bonchev–Trinajstić information content (AvgIpc) is 2.11. The molecule has 0 aromatic rings. The number of rotatable bonds is 5. The standard InChI is InChI=1S/C8H12O6/c1-5(10)8(12)14-7(3-9)4-13-6(2)11/h7,9H,3-4H2,1-2H3. The molecule has 0 saturated carbocycles. The summed E-state index contributed by atoms with van der Waals surface area (Å²) in [5, 5.41) is 8.69. The predicted octanol–water partition coefficient (Wildman–Crippen LogP) is -0.957. The zero-order valence-corrected chi connectivity index (χ0v) is 7.98. The molecule has 0 saturated heterocycles. The number of ether oxygens (including phenoxy) is 2. The summed E-state index contributed by atoms with van der Waals surface area (Å²) in [6, 6.07) is 0. The largest absolute Gasteiger partial charge is 0.462 e. The van der Waals surface area contributed by atoms with Crippen molar-refractivity contribution in [1.82, 2.24) is 0 Å². The number of aliphatic hydroxyl groups is 1. The number of carbonyl (C=O) groups is 3. The Hall–Kier alpha value is -1.43. The van der Waals surface area contributed by atoms with Crippen molar-refractivity contribution in [1.29, 1.82) is 0 Å². The maximum absolute atomic E-state index is 10.7. The third-order valence-electron chi connectivity index (χ3n) is 1.24. The first-order valence-electron chi connectivity index (χ1n) is 3.93. The molecular formula is C8H12O6. The highest BCUT2D eigenvalue weighted by atomic mass is 16.6. The van der Waals surface area contributed by atoms with Crippen molar-refractivity contribution in [2.24, 2.45) is 0 Å². The third kappa shape index (κ3) is 5.26. The zero-order chi connectivity index (χ0) is 11.1. The van der Waals surface area contributed by atoms with Gasteiger partial charge in [-0.2, -0.15) is 0 Å². The molecule has 0 fully saturated rings. The van der Waals surface area contributed by atoms with Gasteiger partial charge in [-0.25, -0.2) is 4.79 Å². The lowest BCUT2D eigenvalue weighted by atomic mass is 10.4. The minimum absolute atomic E-state index is 0.259. The molecule has 0 radical (unpaired) electrons. The van der Waals surface area contributed by atoms with Crippen molar-refractivity contribution in [2.75, 3.05) is 13.2 Å². The number of carbonyl (C=O) groups excluding carboxylic acids is 3. The summed E-state index contributed by atoms with van der Waals surface area (Å²) in [4.78, 5) is 31.6. The molecule has 6 nitrogen and oxygen atoms in total. The lowest BCUT2D eigenvalue weighted by Gasteiger charge is -2.13. The first-order chi connectivity index (χ1) is 6.47. The van der Waals surface area contributed by atoms with E-state index < -0.39 is 30.4 Å². The van der Waals surface area contributed by atoms with Gasteiger partial charge in [0, 0.05) is 13.8 Å². The van der Waals surface area contributed by atoms with Crippen LogP contribution in [0.2, 0.25) is 0 Å². The summed E-state index contributed by atoms with van der Waals surface area (Å²) in [6.45, 7) is 1.46. The van der Waals surface area contributed by atoms with Crippen LogP contribution in [-0.4, -0.2) is 42.1 Å². The summed E-state index contributed by atoms with van der Waals surface area (Å²) in [7, 11) is 0. The van der Waals surface area contributed by atoms with Crippen molar-refractivity contribution in [3.63, 3.8) is 0 Å². The van der Waals surface area contributed by atoms with Gasteiger partial charge in [-0.3, -0.25) is 9.59 Å². The van der Waals surface area contributed by atoms with Crippen molar-refractivity contribution >= 4 is 17.7 Å². The second-order valence-electron chi connectivity index (χ2n) is 2.57. The molecule has 1 unspecified atom stereocenters.